The fraction of sp³-hybridized carbons (Fsp3) is 0. The van der Waals surface area contributed by atoms with Gasteiger partial charge in [-0.25, -0.2) is 0 Å². The Bertz CT molecular complexity index is 54.9. The summed E-state index contributed by atoms with van der Waals surface area (Å²) in [7, 11) is -3.53. The molecule has 0 aliphatic carbocycles. The molecule has 0 heterocycles. The van der Waals surface area contributed by atoms with Crippen LogP contribution in [-0.2, 0) is 4.57 Å². The summed E-state index contributed by atoms with van der Waals surface area (Å²) in [6.07, 6.45) is 0. The van der Waals surface area contributed by atoms with Crippen molar-refractivity contribution in [3.8, 4) is 0 Å². The zero-order chi connectivity index (χ0) is 4.50. The van der Waals surface area contributed by atoms with Crippen molar-refractivity contribution in [2.24, 2.45) is 0 Å². The largest absolute Gasteiger partial charge is 0.329 e. The number of rotatable bonds is 0. The van der Waals surface area contributed by atoms with Crippen LogP contribution in [0.4, 0.5) is 0 Å². The topological polar surface area (TPSA) is 57.5 Å². The highest BCUT2D eigenvalue weighted by Gasteiger charge is 1.94. The average Bonchev–Trinajstić information content (AvgIpc) is 0.722. The second kappa shape index (κ2) is 2.89. The van der Waals surface area contributed by atoms with Gasteiger partial charge in [-0.2, -0.15) is 9.90 Å². The van der Waals surface area contributed by atoms with E-state index < -0.39 is 7.14 Å². The van der Waals surface area contributed by atoms with Crippen molar-refractivity contribution in [1.82, 2.24) is 0 Å². The van der Waals surface area contributed by atoms with E-state index in [0.717, 1.165) is 0 Å². The summed E-state index contributed by atoms with van der Waals surface area (Å²) < 4.78 is 9.39. The lowest BCUT2D eigenvalue weighted by molar-refractivity contribution is 0.395. The SMILES string of the molecule is O=P(O)(O)[SiH3].P. The molecule has 0 radical (unpaired) electrons. The van der Waals surface area contributed by atoms with Crippen molar-refractivity contribution in [2.75, 3.05) is 0 Å². The minimum atomic E-state index is -3.50. The smallest absolute Gasteiger partial charge is 0.281 e. The van der Waals surface area contributed by atoms with Crippen molar-refractivity contribution >= 4 is 27.0 Å². The van der Waals surface area contributed by atoms with Crippen LogP contribution in [0.15, 0.2) is 0 Å². The highest BCUT2D eigenvalue weighted by molar-refractivity contribution is 7.77. The molecule has 0 aromatic heterocycles. The Morgan fingerprint density at radius 3 is 1.50 bits per heavy atom. The summed E-state index contributed by atoms with van der Waals surface area (Å²) >= 11 is 0. The van der Waals surface area contributed by atoms with Gasteiger partial charge in [-0.05, 0) is 0 Å². The van der Waals surface area contributed by atoms with Crippen LogP contribution >= 0.6 is 17.0 Å². The van der Waals surface area contributed by atoms with Crippen LogP contribution in [0.25, 0.3) is 0 Å². The first-order chi connectivity index (χ1) is 2.00. The molecule has 0 fully saturated rings. The Balaban J connectivity index is 0. The third kappa shape index (κ3) is 109. The van der Waals surface area contributed by atoms with Gasteiger partial charge in [0.05, 0.1) is 0 Å². The lowest BCUT2D eigenvalue weighted by Crippen LogP contribution is -1.67. The van der Waals surface area contributed by atoms with Gasteiger partial charge in [-0.15, -0.1) is 0 Å². The average molecular weight is 146 g/mol. The van der Waals surface area contributed by atoms with Crippen molar-refractivity contribution in [3.05, 3.63) is 0 Å². The van der Waals surface area contributed by atoms with Crippen LogP contribution in [0.5, 0.6) is 0 Å². The molecule has 0 aliphatic heterocycles. The first kappa shape index (κ1) is 9.93. The van der Waals surface area contributed by atoms with E-state index in [4.69, 9.17) is 9.79 Å². The second-order valence-corrected chi connectivity index (χ2v) is 6.00. The Morgan fingerprint density at radius 1 is 1.50 bits per heavy atom. The monoisotopic (exact) mass is 146 g/mol. The quantitative estimate of drug-likeness (QED) is 0.323. The van der Waals surface area contributed by atoms with Gasteiger partial charge in [0.2, 0.25) is 0 Å². The molecule has 0 amide bonds. The molecule has 40 valence electrons. The van der Waals surface area contributed by atoms with Crippen molar-refractivity contribution < 1.29 is 14.4 Å². The van der Waals surface area contributed by atoms with E-state index in [1.807, 2.05) is 0 Å². The molecule has 0 spiro atoms. The van der Waals surface area contributed by atoms with Gasteiger partial charge in [0.25, 0.3) is 7.14 Å². The van der Waals surface area contributed by atoms with E-state index in [-0.39, 0.29) is 19.8 Å². The zero-order valence-corrected chi connectivity index (χ0v) is 7.77. The first-order valence-electron chi connectivity index (χ1n) is 1.03. The fourth-order valence-electron chi connectivity index (χ4n) is 0. The molecule has 3 nitrogen and oxygen atoms in total. The van der Waals surface area contributed by atoms with E-state index >= 15 is 0 Å². The molecule has 0 rings (SSSR count). The third-order valence-electron chi connectivity index (χ3n) is 0. The van der Waals surface area contributed by atoms with Crippen LogP contribution in [0, 0.1) is 0 Å². The van der Waals surface area contributed by atoms with Gasteiger partial charge < -0.3 is 9.79 Å². The molecule has 2 N–H and O–H groups in total. The maximum atomic E-state index is 9.39. The van der Waals surface area contributed by atoms with Crippen LogP contribution in [0.3, 0.4) is 0 Å². The number of hydrogen-bond donors (Lipinski definition) is 2. The maximum absolute atomic E-state index is 9.39. The molecule has 0 aromatic rings. The summed E-state index contributed by atoms with van der Waals surface area (Å²) in [5.41, 5.74) is 0. The van der Waals surface area contributed by atoms with Crippen LogP contribution in [-0.4, -0.2) is 19.7 Å². The lowest BCUT2D eigenvalue weighted by atomic mass is 15.8. The van der Waals surface area contributed by atoms with Gasteiger partial charge in [0, 0.05) is 0 Å². The molecule has 0 saturated carbocycles. The van der Waals surface area contributed by atoms with E-state index in [9.17, 15) is 4.57 Å². The minimum Gasteiger partial charge on any atom is -0.329 e. The molecule has 1 atom stereocenters. The van der Waals surface area contributed by atoms with E-state index in [1.165, 1.54) is 0 Å². The first-order valence-corrected chi connectivity index (χ1v) is 5.77. The van der Waals surface area contributed by atoms with Crippen molar-refractivity contribution in [1.29, 1.82) is 0 Å². The number of hydrogen-bond acceptors (Lipinski definition) is 1. The van der Waals surface area contributed by atoms with Gasteiger partial charge in [0.15, 0.2) is 0 Å². The Hall–Kier alpha value is 0.797. The Kier molecular flexibility index (Phi) is 4.78. The summed E-state index contributed by atoms with van der Waals surface area (Å²) in [5, 5.41) is 0. The molecule has 0 bridgehead atoms. The summed E-state index contributed by atoms with van der Waals surface area (Å²) in [6.45, 7) is 0. The molecule has 1 unspecified atom stereocenters. The van der Waals surface area contributed by atoms with E-state index in [2.05, 4.69) is 0 Å². The minimum absolute atomic E-state index is 0. The van der Waals surface area contributed by atoms with Gasteiger partial charge in [-0.1, -0.05) is 0 Å². The lowest BCUT2D eigenvalue weighted by Gasteiger charge is -1.85. The van der Waals surface area contributed by atoms with Gasteiger partial charge in [-0.3, -0.25) is 4.57 Å². The highest BCUT2D eigenvalue weighted by atomic mass is 31.4. The molecule has 0 saturated heterocycles. The Morgan fingerprint density at radius 2 is 1.50 bits per heavy atom. The molecule has 0 aliphatic rings. The van der Waals surface area contributed by atoms with Crippen LogP contribution in [0.1, 0.15) is 0 Å². The Labute approximate surface area is 42.2 Å². The third-order valence-corrected chi connectivity index (χ3v) is 0. The predicted octanol–water partition coefficient (Wildman–Crippen LogP) is -1.50. The second-order valence-electron chi connectivity index (χ2n) is 0.835. The van der Waals surface area contributed by atoms with Crippen LogP contribution < -0.4 is 0 Å². The normalized spacial score (nSPS) is 10.3. The standard InChI is InChI=1S/H5O3PSi.H3P/c1-4(2,3)5;/h5H3,(H2,1,2,3);1H3. The maximum Gasteiger partial charge on any atom is 0.281 e. The zero-order valence-electron chi connectivity index (χ0n) is 3.46. The van der Waals surface area contributed by atoms with Gasteiger partial charge >= 0.3 is 0 Å². The summed E-state index contributed by atoms with van der Waals surface area (Å²) in [4.78, 5) is 15.4. The molecular formula is H8O3P2Si. The molecule has 0 aromatic carbocycles. The van der Waals surface area contributed by atoms with Crippen molar-refractivity contribution in [2.45, 2.75) is 0 Å². The predicted molar refractivity (Wildman–Crippen MR) is 33.1 cm³/mol. The molecular weight excluding hydrogens is 138 g/mol. The van der Waals surface area contributed by atoms with Crippen molar-refractivity contribution in [3.63, 3.8) is 0 Å². The van der Waals surface area contributed by atoms with Crippen LogP contribution in [0.2, 0.25) is 0 Å². The van der Waals surface area contributed by atoms with E-state index in [0.29, 0.717) is 0 Å². The summed E-state index contributed by atoms with van der Waals surface area (Å²) in [5.74, 6) is 0. The molecule has 6 heavy (non-hydrogen) atoms. The van der Waals surface area contributed by atoms with Gasteiger partial charge in [0.1, 0.15) is 9.91 Å². The highest BCUT2D eigenvalue weighted by Crippen LogP contribution is 2.24. The van der Waals surface area contributed by atoms with E-state index in [1.54, 1.807) is 0 Å². The fourth-order valence-corrected chi connectivity index (χ4v) is 0. The molecule has 6 heteroatoms. The summed E-state index contributed by atoms with van der Waals surface area (Å²) in [6, 6.07) is 0.